The van der Waals surface area contributed by atoms with Crippen molar-refractivity contribution in [2.45, 2.75) is 19.9 Å². The van der Waals surface area contributed by atoms with E-state index in [0.717, 1.165) is 82.6 Å². The molecular formula is C30H31N5O3. The predicted octanol–water partition coefficient (Wildman–Crippen LogP) is 5.01. The van der Waals surface area contributed by atoms with E-state index in [1.54, 1.807) is 6.07 Å². The van der Waals surface area contributed by atoms with Gasteiger partial charge in [-0.25, -0.2) is 0 Å². The highest BCUT2D eigenvalue weighted by Gasteiger charge is 2.22. The number of pyridine rings is 2. The molecule has 194 valence electrons. The fourth-order valence-electron chi connectivity index (χ4n) is 5.07. The number of hydrogen-bond donors (Lipinski definition) is 3. The van der Waals surface area contributed by atoms with Crippen LogP contribution in [0.3, 0.4) is 0 Å². The van der Waals surface area contributed by atoms with Crippen molar-refractivity contribution in [3.63, 3.8) is 0 Å². The highest BCUT2D eigenvalue weighted by Crippen LogP contribution is 2.43. The minimum Gasteiger partial charge on any atom is -0.456 e. The van der Waals surface area contributed by atoms with Crippen LogP contribution in [0, 0.1) is 0 Å². The van der Waals surface area contributed by atoms with E-state index in [1.807, 2.05) is 42.7 Å². The number of nitrogens with zero attached hydrogens (tertiary/aromatic N) is 2. The lowest BCUT2D eigenvalue weighted by atomic mass is 9.96. The first-order valence-electron chi connectivity index (χ1n) is 13.1. The van der Waals surface area contributed by atoms with E-state index in [9.17, 15) is 4.79 Å². The Kier molecular flexibility index (Phi) is 6.71. The number of benzene rings is 2. The molecule has 0 bridgehead atoms. The van der Waals surface area contributed by atoms with Gasteiger partial charge in [-0.1, -0.05) is 12.1 Å². The van der Waals surface area contributed by atoms with Gasteiger partial charge in [-0.3, -0.25) is 9.78 Å². The number of anilines is 3. The number of rotatable bonds is 7. The lowest BCUT2D eigenvalue weighted by Crippen LogP contribution is -2.36. The molecule has 3 N–H and O–H groups in total. The summed E-state index contributed by atoms with van der Waals surface area (Å²) in [6.07, 6.45) is 4.47. The zero-order chi connectivity index (χ0) is 25.9. The molecule has 8 nitrogen and oxygen atoms in total. The van der Waals surface area contributed by atoms with Crippen LogP contribution in [0.5, 0.6) is 11.5 Å². The molecule has 2 aliphatic heterocycles. The molecule has 0 atom stereocenters. The number of hydrogen-bond acceptors (Lipinski definition) is 7. The van der Waals surface area contributed by atoms with Crippen LogP contribution in [0.25, 0.3) is 11.3 Å². The van der Waals surface area contributed by atoms with Gasteiger partial charge in [-0.05, 0) is 54.4 Å². The van der Waals surface area contributed by atoms with Crippen LogP contribution in [0.1, 0.15) is 23.6 Å². The van der Waals surface area contributed by atoms with E-state index < -0.39 is 0 Å². The number of H-pyrrole nitrogens is 1. The molecule has 1 fully saturated rings. The molecule has 6 rings (SSSR count). The maximum absolute atomic E-state index is 12.6. The summed E-state index contributed by atoms with van der Waals surface area (Å²) in [7, 11) is 0. The molecule has 0 saturated carbocycles. The van der Waals surface area contributed by atoms with Crippen molar-refractivity contribution in [1.29, 1.82) is 0 Å². The van der Waals surface area contributed by atoms with Crippen LogP contribution >= 0.6 is 0 Å². The van der Waals surface area contributed by atoms with Crippen molar-refractivity contribution >= 4 is 17.1 Å². The molecule has 0 spiro atoms. The standard InChI is InChI=1S/C30H31N5O3/c1-2-32-24-12-20(17-31-19-24)18-33-23-6-7-28-22(14-23)13-21-4-3-5-26(30(21)38-28)27-15-25(16-29(36)34-27)35-8-10-37-11-9-35/h3-7,12,14-17,19,32-33H,2,8-11,13,18H2,1H3,(H,34,36). The van der Waals surface area contributed by atoms with Crippen molar-refractivity contribution in [1.82, 2.24) is 9.97 Å². The highest BCUT2D eigenvalue weighted by atomic mass is 16.5. The molecule has 0 aliphatic carbocycles. The van der Waals surface area contributed by atoms with Gasteiger partial charge < -0.3 is 30.0 Å². The Balaban J connectivity index is 1.23. The number of fused-ring (bicyclic) bond motifs is 2. The Bertz CT molecular complexity index is 1510. The summed E-state index contributed by atoms with van der Waals surface area (Å²) in [4.78, 5) is 22.1. The maximum Gasteiger partial charge on any atom is 0.250 e. The van der Waals surface area contributed by atoms with E-state index in [2.05, 4.69) is 50.6 Å². The lowest BCUT2D eigenvalue weighted by Gasteiger charge is -2.29. The van der Waals surface area contributed by atoms with E-state index in [4.69, 9.17) is 9.47 Å². The Hall–Kier alpha value is -4.30. The molecular weight excluding hydrogens is 478 g/mol. The van der Waals surface area contributed by atoms with Crippen LogP contribution in [-0.4, -0.2) is 42.8 Å². The summed E-state index contributed by atoms with van der Waals surface area (Å²) in [6, 6.07) is 18.1. The second-order valence-electron chi connectivity index (χ2n) is 9.58. The maximum atomic E-state index is 12.6. The number of aromatic nitrogens is 2. The summed E-state index contributed by atoms with van der Waals surface area (Å²) in [5, 5.41) is 6.81. The van der Waals surface area contributed by atoms with Crippen molar-refractivity contribution in [2.75, 3.05) is 48.4 Å². The van der Waals surface area contributed by atoms with Gasteiger partial charge in [0, 0.05) is 73.6 Å². The quantitative estimate of drug-likeness (QED) is 0.284. The average Bonchev–Trinajstić information content (AvgIpc) is 2.95. The second-order valence-corrected chi connectivity index (χ2v) is 9.58. The first-order chi connectivity index (χ1) is 18.7. The Morgan fingerprint density at radius 1 is 0.974 bits per heavy atom. The van der Waals surface area contributed by atoms with E-state index in [0.29, 0.717) is 19.8 Å². The van der Waals surface area contributed by atoms with Crippen molar-refractivity contribution in [3.8, 4) is 22.8 Å². The van der Waals surface area contributed by atoms with Crippen molar-refractivity contribution in [2.24, 2.45) is 0 Å². The smallest absolute Gasteiger partial charge is 0.250 e. The zero-order valence-corrected chi connectivity index (χ0v) is 21.4. The van der Waals surface area contributed by atoms with Crippen LogP contribution in [-0.2, 0) is 17.7 Å². The Morgan fingerprint density at radius 3 is 2.74 bits per heavy atom. The van der Waals surface area contributed by atoms with Gasteiger partial charge in [-0.15, -0.1) is 0 Å². The third-order valence-corrected chi connectivity index (χ3v) is 6.92. The average molecular weight is 510 g/mol. The zero-order valence-electron chi connectivity index (χ0n) is 21.4. The van der Waals surface area contributed by atoms with Gasteiger partial charge in [0.1, 0.15) is 11.5 Å². The van der Waals surface area contributed by atoms with Gasteiger partial charge in [0.2, 0.25) is 5.56 Å². The summed E-state index contributed by atoms with van der Waals surface area (Å²) < 4.78 is 11.9. The Labute approximate surface area is 221 Å². The van der Waals surface area contributed by atoms with Crippen LogP contribution in [0.4, 0.5) is 17.1 Å². The first-order valence-corrected chi connectivity index (χ1v) is 13.1. The summed E-state index contributed by atoms with van der Waals surface area (Å²) in [5.74, 6) is 1.62. The number of para-hydroxylation sites is 1. The van der Waals surface area contributed by atoms with Gasteiger partial charge in [-0.2, -0.15) is 0 Å². The fraction of sp³-hybridized carbons (Fsp3) is 0.267. The third kappa shape index (κ3) is 5.08. The number of nitrogens with one attached hydrogen (secondary N) is 3. The van der Waals surface area contributed by atoms with Gasteiger partial charge in [0.05, 0.1) is 24.6 Å². The number of morpholine rings is 1. The van der Waals surface area contributed by atoms with Crippen molar-refractivity contribution < 1.29 is 9.47 Å². The molecule has 38 heavy (non-hydrogen) atoms. The second kappa shape index (κ2) is 10.6. The summed E-state index contributed by atoms with van der Waals surface area (Å²) in [6.45, 7) is 6.49. The highest BCUT2D eigenvalue weighted by molar-refractivity contribution is 5.74. The third-order valence-electron chi connectivity index (χ3n) is 6.92. The molecule has 4 heterocycles. The Morgan fingerprint density at radius 2 is 1.87 bits per heavy atom. The summed E-state index contributed by atoms with van der Waals surface area (Å²) >= 11 is 0. The van der Waals surface area contributed by atoms with Crippen molar-refractivity contribution in [3.05, 3.63) is 94.0 Å². The normalized spacial score (nSPS) is 14.3. The molecule has 1 saturated heterocycles. The van der Waals surface area contributed by atoms with Crippen LogP contribution < -0.4 is 25.8 Å². The van der Waals surface area contributed by atoms with E-state index in [-0.39, 0.29) is 5.56 Å². The molecule has 0 amide bonds. The predicted molar refractivity (Wildman–Crippen MR) is 151 cm³/mol. The molecule has 0 radical (unpaired) electrons. The monoisotopic (exact) mass is 509 g/mol. The SMILES string of the molecule is CCNc1cncc(CNc2ccc3c(c2)Cc2cccc(-c4cc(N5CCOCC5)cc(=O)[nH]4)c2O3)c1. The molecule has 2 aliphatic rings. The fourth-order valence-corrected chi connectivity index (χ4v) is 5.07. The molecule has 8 heteroatoms. The lowest BCUT2D eigenvalue weighted by molar-refractivity contribution is 0.122. The van der Waals surface area contributed by atoms with Gasteiger partial charge >= 0.3 is 0 Å². The molecule has 4 aromatic rings. The van der Waals surface area contributed by atoms with Gasteiger partial charge in [0.15, 0.2) is 0 Å². The number of aromatic amines is 1. The molecule has 0 unspecified atom stereocenters. The van der Waals surface area contributed by atoms with E-state index in [1.165, 1.54) is 0 Å². The number of ether oxygens (including phenoxy) is 2. The minimum atomic E-state index is -0.125. The molecule has 2 aromatic heterocycles. The summed E-state index contributed by atoms with van der Waals surface area (Å²) in [5.41, 5.74) is 7.80. The van der Waals surface area contributed by atoms with Gasteiger partial charge in [0.25, 0.3) is 0 Å². The largest absolute Gasteiger partial charge is 0.456 e. The topological polar surface area (TPSA) is 91.5 Å². The van der Waals surface area contributed by atoms with E-state index >= 15 is 0 Å². The van der Waals surface area contributed by atoms with Crippen LogP contribution in [0.2, 0.25) is 0 Å². The van der Waals surface area contributed by atoms with Crippen LogP contribution in [0.15, 0.2) is 71.8 Å². The first kappa shape index (κ1) is 24.1. The minimum absolute atomic E-state index is 0.125. The molecule has 2 aromatic carbocycles.